The molecular weight excluding hydrogens is 272 g/mol. The van der Waals surface area contributed by atoms with E-state index in [1.54, 1.807) is 31.4 Å². The monoisotopic (exact) mass is 292 g/mol. The van der Waals surface area contributed by atoms with E-state index in [1.165, 1.54) is 0 Å². The van der Waals surface area contributed by atoms with Crippen molar-refractivity contribution in [2.45, 2.75) is 12.8 Å². The van der Waals surface area contributed by atoms with Gasteiger partial charge in [0.2, 0.25) is 5.91 Å². The normalized spacial score (nSPS) is 18.4. The van der Waals surface area contributed by atoms with Crippen LogP contribution in [0.25, 0.3) is 0 Å². The molecule has 114 valence electrons. The van der Waals surface area contributed by atoms with Gasteiger partial charge in [0.1, 0.15) is 5.75 Å². The highest BCUT2D eigenvalue weighted by Crippen LogP contribution is 2.19. The van der Waals surface area contributed by atoms with Crippen molar-refractivity contribution in [2.24, 2.45) is 5.92 Å². The average Bonchev–Trinajstić information content (AvgIpc) is 2.85. The topological polar surface area (TPSA) is 78.9 Å². The maximum Gasteiger partial charge on any atom is 0.303 e. The Balaban J connectivity index is 1.78. The number of carbonyl (C=O) groups excluding carboxylic acids is 1. The summed E-state index contributed by atoms with van der Waals surface area (Å²) < 4.78 is 5.06. The molecule has 21 heavy (non-hydrogen) atoms. The molecule has 1 aromatic carbocycles. The summed E-state index contributed by atoms with van der Waals surface area (Å²) in [5.74, 6) is 0.0287. The van der Waals surface area contributed by atoms with Crippen LogP contribution in [0.2, 0.25) is 0 Å². The van der Waals surface area contributed by atoms with Crippen LogP contribution in [0, 0.1) is 5.92 Å². The maximum absolute atomic E-state index is 12.0. The molecule has 6 nitrogen and oxygen atoms in total. The number of methoxy groups -OCH3 is 1. The lowest BCUT2D eigenvalue weighted by Gasteiger charge is -2.15. The molecule has 1 saturated heterocycles. The summed E-state index contributed by atoms with van der Waals surface area (Å²) in [6.45, 7) is 1.73. The lowest BCUT2D eigenvalue weighted by molar-refractivity contribution is -0.138. The first kappa shape index (κ1) is 15.3. The van der Waals surface area contributed by atoms with Crippen LogP contribution in [-0.4, -0.2) is 48.6 Å². The van der Waals surface area contributed by atoms with Crippen molar-refractivity contribution in [2.75, 3.05) is 32.1 Å². The molecule has 1 atom stereocenters. The minimum Gasteiger partial charge on any atom is -0.497 e. The number of aliphatic carboxylic acids is 1. The Morgan fingerprint density at radius 3 is 2.71 bits per heavy atom. The predicted octanol–water partition coefficient (Wildman–Crippen LogP) is 1.43. The summed E-state index contributed by atoms with van der Waals surface area (Å²) in [5.41, 5.74) is 0.724. The first-order chi connectivity index (χ1) is 10.1. The zero-order valence-electron chi connectivity index (χ0n) is 12.0. The third-order valence-corrected chi connectivity index (χ3v) is 3.57. The minimum absolute atomic E-state index is 0.0869. The largest absolute Gasteiger partial charge is 0.497 e. The van der Waals surface area contributed by atoms with Gasteiger partial charge in [-0.3, -0.25) is 14.5 Å². The number of nitrogens with one attached hydrogen (secondary N) is 1. The number of carbonyl (C=O) groups is 2. The number of hydrogen-bond acceptors (Lipinski definition) is 4. The Labute approximate surface area is 123 Å². The van der Waals surface area contributed by atoms with Gasteiger partial charge in [-0.05, 0) is 43.1 Å². The number of ether oxygens (including phenoxy) is 1. The van der Waals surface area contributed by atoms with E-state index < -0.39 is 5.97 Å². The van der Waals surface area contributed by atoms with Gasteiger partial charge in [-0.15, -0.1) is 0 Å². The molecule has 2 rings (SSSR count). The Morgan fingerprint density at radius 2 is 2.10 bits per heavy atom. The number of hydrogen-bond donors (Lipinski definition) is 2. The summed E-state index contributed by atoms with van der Waals surface area (Å²) in [5, 5.41) is 11.6. The summed E-state index contributed by atoms with van der Waals surface area (Å²) in [7, 11) is 1.59. The zero-order chi connectivity index (χ0) is 15.2. The lowest BCUT2D eigenvalue weighted by atomic mass is 10.1. The Bertz CT molecular complexity index is 501. The molecule has 1 unspecified atom stereocenters. The average molecular weight is 292 g/mol. The molecule has 1 fully saturated rings. The van der Waals surface area contributed by atoms with Crippen LogP contribution in [0.1, 0.15) is 12.8 Å². The minimum atomic E-state index is -0.774. The van der Waals surface area contributed by atoms with E-state index in [0.717, 1.165) is 24.4 Å². The molecule has 1 heterocycles. The van der Waals surface area contributed by atoms with Gasteiger partial charge in [0.05, 0.1) is 13.7 Å². The zero-order valence-corrected chi connectivity index (χ0v) is 12.0. The van der Waals surface area contributed by atoms with Crippen molar-refractivity contribution < 1.29 is 19.4 Å². The van der Waals surface area contributed by atoms with Crippen LogP contribution in [0.15, 0.2) is 24.3 Å². The number of benzene rings is 1. The number of rotatable bonds is 6. The highest BCUT2D eigenvalue weighted by atomic mass is 16.5. The maximum atomic E-state index is 12.0. The van der Waals surface area contributed by atoms with Crippen LogP contribution < -0.4 is 10.1 Å². The molecule has 0 aromatic heterocycles. The molecule has 1 aliphatic heterocycles. The van der Waals surface area contributed by atoms with Crippen molar-refractivity contribution >= 4 is 17.6 Å². The number of anilines is 1. The molecule has 0 radical (unpaired) electrons. The molecule has 0 spiro atoms. The second-order valence-electron chi connectivity index (χ2n) is 5.26. The summed E-state index contributed by atoms with van der Waals surface area (Å²) >= 11 is 0. The number of nitrogens with zero attached hydrogens (tertiary/aromatic N) is 1. The Morgan fingerprint density at radius 1 is 1.38 bits per heavy atom. The van der Waals surface area contributed by atoms with Gasteiger partial charge in [-0.2, -0.15) is 0 Å². The molecule has 6 heteroatoms. The smallest absolute Gasteiger partial charge is 0.303 e. The van der Waals surface area contributed by atoms with Gasteiger partial charge < -0.3 is 15.2 Å². The van der Waals surface area contributed by atoms with Crippen molar-refractivity contribution in [3.63, 3.8) is 0 Å². The fourth-order valence-electron chi connectivity index (χ4n) is 2.55. The standard InChI is InChI=1S/C15H20N2O4/c1-21-13-4-2-12(3-5-13)16-14(18)10-17-7-6-11(9-17)8-15(19)20/h2-5,11H,6-10H2,1H3,(H,16,18)(H,19,20). The van der Waals surface area contributed by atoms with Crippen molar-refractivity contribution in [1.29, 1.82) is 0 Å². The summed E-state index contributed by atoms with van der Waals surface area (Å²) in [6.07, 6.45) is 1.01. The molecule has 1 aliphatic rings. The number of carboxylic acid groups (broad SMARTS) is 1. The fraction of sp³-hybridized carbons (Fsp3) is 0.467. The molecule has 1 amide bonds. The quantitative estimate of drug-likeness (QED) is 0.829. The van der Waals surface area contributed by atoms with Gasteiger partial charge in [-0.1, -0.05) is 0 Å². The SMILES string of the molecule is COc1ccc(NC(=O)CN2CCC(CC(=O)O)C2)cc1. The van der Waals surface area contributed by atoms with E-state index in [0.29, 0.717) is 13.1 Å². The first-order valence-electron chi connectivity index (χ1n) is 6.95. The van der Waals surface area contributed by atoms with E-state index in [9.17, 15) is 9.59 Å². The second-order valence-corrected chi connectivity index (χ2v) is 5.26. The van der Waals surface area contributed by atoms with E-state index in [-0.39, 0.29) is 18.2 Å². The summed E-state index contributed by atoms with van der Waals surface area (Å²) in [4.78, 5) is 24.6. The van der Waals surface area contributed by atoms with Crippen LogP contribution in [0.4, 0.5) is 5.69 Å². The van der Waals surface area contributed by atoms with Crippen LogP contribution >= 0.6 is 0 Å². The fourth-order valence-corrected chi connectivity index (χ4v) is 2.55. The molecule has 2 N–H and O–H groups in total. The number of carboxylic acids is 1. The van der Waals surface area contributed by atoms with Crippen molar-refractivity contribution in [3.05, 3.63) is 24.3 Å². The first-order valence-corrected chi connectivity index (χ1v) is 6.95. The molecule has 0 aliphatic carbocycles. The number of likely N-dealkylation sites (tertiary alicyclic amines) is 1. The lowest BCUT2D eigenvalue weighted by Crippen LogP contribution is -2.31. The molecular formula is C15H20N2O4. The van der Waals surface area contributed by atoms with E-state index >= 15 is 0 Å². The molecule has 1 aromatic rings. The predicted molar refractivity (Wildman–Crippen MR) is 78.4 cm³/mol. The van der Waals surface area contributed by atoms with E-state index in [2.05, 4.69) is 5.32 Å². The Kier molecular flexibility index (Phi) is 5.16. The van der Waals surface area contributed by atoms with Crippen LogP contribution in [0.5, 0.6) is 5.75 Å². The van der Waals surface area contributed by atoms with Gasteiger partial charge in [0.15, 0.2) is 0 Å². The van der Waals surface area contributed by atoms with Crippen LogP contribution in [0.3, 0.4) is 0 Å². The van der Waals surface area contributed by atoms with Gasteiger partial charge in [0, 0.05) is 18.7 Å². The Hall–Kier alpha value is -2.08. The van der Waals surface area contributed by atoms with Gasteiger partial charge >= 0.3 is 5.97 Å². The molecule has 0 saturated carbocycles. The number of amides is 1. The molecule has 0 bridgehead atoms. The summed E-state index contributed by atoms with van der Waals surface area (Å²) in [6, 6.07) is 7.14. The highest BCUT2D eigenvalue weighted by Gasteiger charge is 2.25. The van der Waals surface area contributed by atoms with Gasteiger partial charge in [0.25, 0.3) is 0 Å². The van der Waals surface area contributed by atoms with Crippen molar-refractivity contribution in [3.8, 4) is 5.75 Å². The second kappa shape index (κ2) is 7.08. The third-order valence-electron chi connectivity index (χ3n) is 3.57. The van der Waals surface area contributed by atoms with Crippen LogP contribution in [-0.2, 0) is 9.59 Å². The van der Waals surface area contributed by atoms with Gasteiger partial charge in [-0.25, -0.2) is 0 Å². The highest BCUT2D eigenvalue weighted by molar-refractivity contribution is 5.92. The van der Waals surface area contributed by atoms with E-state index in [4.69, 9.17) is 9.84 Å². The van der Waals surface area contributed by atoms with E-state index in [1.807, 2.05) is 4.90 Å². The van der Waals surface area contributed by atoms with Crippen molar-refractivity contribution in [1.82, 2.24) is 4.90 Å². The third kappa shape index (κ3) is 4.75.